The van der Waals surface area contributed by atoms with Gasteiger partial charge in [-0.15, -0.1) is 13.2 Å². The van der Waals surface area contributed by atoms with E-state index in [1.807, 2.05) is 13.8 Å². The highest BCUT2D eigenvalue weighted by atomic mass is 35.5. The molecule has 1 rings (SSSR count). The van der Waals surface area contributed by atoms with Crippen LogP contribution in [0.25, 0.3) is 0 Å². The fourth-order valence-corrected chi connectivity index (χ4v) is 1.78. The molecule has 0 spiro atoms. The largest absolute Gasteiger partial charge is 0.573 e. The Morgan fingerprint density at radius 3 is 2.12 bits per heavy atom. The average molecular weight is 273 g/mol. The van der Waals surface area contributed by atoms with Crippen molar-refractivity contribution >= 4 is 23.2 Å². The minimum Gasteiger partial charge on any atom is -0.404 e. The third-order valence-corrected chi connectivity index (χ3v) is 2.80. The number of halogens is 5. The van der Waals surface area contributed by atoms with E-state index in [1.165, 1.54) is 6.07 Å². The second-order valence-corrected chi connectivity index (χ2v) is 4.24. The molecule has 0 saturated heterocycles. The second-order valence-electron chi connectivity index (χ2n) is 3.48. The van der Waals surface area contributed by atoms with Gasteiger partial charge in [-0.3, -0.25) is 0 Å². The van der Waals surface area contributed by atoms with Gasteiger partial charge in [-0.25, -0.2) is 0 Å². The average Bonchev–Trinajstić information content (AvgIpc) is 2.10. The van der Waals surface area contributed by atoms with Crippen molar-refractivity contribution in [3.05, 3.63) is 27.7 Å². The number of alkyl halides is 3. The van der Waals surface area contributed by atoms with Crippen molar-refractivity contribution < 1.29 is 17.9 Å². The van der Waals surface area contributed by atoms with E-state index in [1.54, 1.807) is 0 Å². The van der Waals surface area contributed by atoms with Gasteiger partial charge in [-0.1, -0.05) is 43.1 Å². The standard InChI is InChI=1S/C10H9Cl2F3O/c1-5(2)6-3-4-7(9(12)8(6)11)16-10(13,14)15/h3-5H,1-2H3. The van der Waals surface area contributed by atoms with Gasteiger partial charge in [0.25, 0.3) is 0 Å². The number of benzene rings is 1. The normalized spacial score (nSPS) is 12.0. The van der Waals surface area contributed by atoms with E-state index in [2.05, 4.69) is 4.74 Å². The predicted octanol–water partition coefficient (Wildman–Crippen LogP) is 5.02. The quantitative estimate of drug-likeness (QED) is 0.735. The van der Waals surface area contributed by atoms with Crippen LogP contribution in [-0.2, 0) is 0 Å². The van der Waals surface area contributed by atoms with E-state index >= 15 is 0 Å². The first-order valence-corrected chi connectivity index (χ1v) is 5.21. The van der Waals surface area contributed by atoms with Crippen LogP contribution in [0.1, 0.15) is 25.3 Å². The van der Waals surface area contributed by atoms with Crippen molar-refractivity contribution in [2.75, 3.05) is 0 Å². The minimum absolute atomic E-state index is 0.0740. The molecule has 1 nitrogen and oxygen atoms in total. The molecule has 0 aliphatic heterocycles. The van der Waals surface area contributed by atoms with Crippen LogP contribution in [0.5, 0.6) is 5.75 Å². The van der Waals surface area contributed by atoms with Crippen LogP contribution in [0, 0.1) is 0 Å². The Morgan fingerprint density at radius 2 is 1.69 bits per heavy atom. The molecule has 0 radical (unpaired) electrons. The van der Waals surface area contributed by atoms with Crippen molar-refractivity contribution in [2.45, 2.75) is 26.1 Å². The molecule has 0 N–H and O–H groups in total. The molecule has 1 aromatic rings. The zero-order valence-corrected chi connectivity index (χ0v) is 10.0. The lowest BCUT2D eigenvalue weighted by Crippen LogP contribution is -2.17. The van der Waals surface area contributed by atoms with Crippen molar-refractivity contribution in [2.24, 2.45) is 0 Å². The van der Waals surface area contributed by atoms with Gasteiger partial charge in [0.15, 0.2) is 0 Å². The molecule has 16 heavy (non-hydrogen) atoms. The second kappa shape index (κ2) is 4.72. The number of rotatable bonds is 2. The first-order chi connectivity index (χ1) is 7.22. The number of hydrogen-bond donors (Lipinski definition) is 0. The highest BCUT2D eigenvalue weighted by molar-refractivity contribution is 6.43. The highest BCUT2D eigenvalue weighted by Crippen LogP contribution is 2.39. The zero-order chi connectivity index (χ0) is 12.5. The SMILES string of the molecule is CC(C)c1ccc(OC(F)(F)F)c(Cl)c1Cl. The third kappa shape index (κ3) is 3.19. The molecule has 0 unspecified atom stereocenters. The maximum atomic E-state index is 12.0. The van der Waals surface area contributed by atoms with E-state index in [0.29, 0.717) is 5.56 Å². The van der Waals surface area contributed by atoms with Gasteiger partial charge in [0.1, 0.15) is 10.8 Å². The van der Waals surface area contributed by atoms with Crippen LogP contribution in [0.15, 0.2) is 12.1 Å². The Balaban J connectivity index is 3.12. The maximum Gasteiger partial charge on any atom is 0.573 e. The van der Waals surface area contributed by atoms with Crippen LogP contribution < -0.4 is 4.74 Å². The highest BCUT2D eigenvalue weighted by Gasteiger charge is 2.32. The molecule has 0 saturated carbocycles. The molecule has 0 fully saturated rings. The van der Waals surface area contributed by atoms with Gasteiger partial charge in [-0.05, 0) is 17.5 Å². The Labute approximate surface area is 101 Å². The molecule has 0 aliphatic rings. The summed E-state index contributed by atoms with van der Waals surface area (Å²) >= 11 is 11.5. The molecule has 0 heterocycles. The summed E-state index contributed by atoms with van der Waals surface area (Å²) in [5, 5.41) is -0.122. The molecule has 0 bridgehead atoms. The summed E-state index contributed by atoms with van der Waals surface area (Å²) < 4.78 is 39.7. The Kier molecular flexibility index (Phi) is 3.97. The molecule has 6 heteroatoms. The monoisotopic (exact) mass is 272 g/mol. The summed E-state index contributed by atoms with van der Waals surface area (Å²) in [5.74, 6) is -0.409. The topological polar surface area (TPSA) is 9.23 Å². The van der Waals surface area contributed by atoms with Crippen LogP contribution >= 0.6 is 23.2 Å². The fraction of sp³-hybridized carbons (Fsp3) is 0.400. The molecular weight excluding hydrogens is 264 g/mol. The lowest BCUT2D eigenvalue weighted by molar-refractivity contribution is -0.274. The summed E-state index contributed by atoms with van der Waals surface area (Å²) in [6, 6.07) is 2.64. The van der Waals surface area contributed by atoms with Gasteiger partial charge in [0, 0.05) is 0 Å². The molecule has 0 atom stereocenters. The summed E-state index contributed by atoms with van der Waals surface area (Å²) in [6.07, 6.45) is -4.77. The summed E-state index contributed by atoms with van der Waals surface area (Å²) in [6.45, 7) is 3.73. The van der Waals surface area contributed by atoms with Crippen molar-refractivity contribution in [1.29, 1.82) is 0 Å². The van der Waals surface area contributed by atoms with E-state index in [9.17, 15) is 13.2 Å². The summed E-state index contributed by atoms with van der Waals surface area (Å²) in [5.41, 5.74) is 0.682. The van der Waals surface area contributed by atoms with Crippen LogP contribution in [0.4, 0.5) is 13.2 Å². The molecular formula is C10H9Cl2F3O. The van der Waals surface area contributed by atoms with Crippen molar-refractivity contribution in [1.82, 2.24) is 0 Å². The van der Waals surface area contributed by atoms with E-state index < -0.39 is 12.1 Å². The van der Waals surface area contributed by atoms with Gasteiger partial charge in [-0.2, -0.15) is 0 Å². The van der Waals surface area contributed by atoms with Gasteiger partial charge in [0.2, 0.25) is 0 Å². The molecule has 1 aromatic carbocycles. The smallest absolute Gasteiger partial charge is 0.404 e. The van der Waals surface area contributed by atoms with E-state index in [0.717, 1.165) is 6.07 Å². The Morgan fingerprint density at radius 1 is 1.12 bits per heavy atom. The lowest BCUT2D eigenvalue weighted by atomic mass is 10.0. The molecule has 90 valence electrons. The van der Waals surface area contributed by atoms with Gasteiger partial charge < -0.3 is 4.74 Å². The Hall–Kier alpha value is -0.610. The number of ether oxygens (including phenoxy) is 1. The maximum absolute atomic E-state index is 12.0. The zero-order valence-electron chi connectivity index (χ0n) is 8.53. The Bertz CT molecular complexity index is 388. The van der Waals surface area contributed by atoms with Crippen LogP contribution in [0.2, 0.25) is 10.0 Å². The summed E-state index contributed by atoms with van der Waals surface area (Å²) in [4.78, 5) is 0. The molecule has 0 aromatic heterocycles. The van der Waals surface area contributed by atoms with E-state index in [4.69, 9.17) is 23.2 Å². The predicted molar refractivity (Wildman–Crippen MR) is 57.2 cm³/mol. The summed E-state index contributed by atoms with van der Waals surface area (Å²) in [7, 11) is 0. The van der Waals surface area contributed by atoms with Crippen LogP contribution in [-0.4, -0.2) is 6.36 Å². The minimum atomic E-state index is -4.77. The van der Waals surface area contributed by atoms with Crippen molar-refractivity contribution in [3.63, 3.8) is 0 Å². The fourth-order valence-electron chi connectivity index (χ4n) is 1.20. The first-order valence-electron chi connectivity index (χ1n) is 4.46. The van der Waals surface area contributed by atoms with Gasteiger partial charge >= 0.3 is 6.36 Å². The number of hydrogen-bond acceptors (Lipinski definition) is 1. The first kappa shape index (κ1) is 13.5. The van der Waals surface area contributed by atoms with E-state index in [-0.39, 0.29) is 16.0 Å². The molecule has 0 aliphatic carbocycles. The van der Waals surface area contributed by atoms with Gasteiger partial charge in [0.05, 0.1) is 5.02 Å². The third-order valence-electron chi connectivity index (χ3n) is 1.92. The molecule has 0 amide bonds. The lowest BCUT2D eigenvalue weighted by Gasteiger charge is -2.14. The van der Waals surface area contributed by atoms with Crippen molar-refractivity contribution in [3.8, 4) is 5.75 Å². The van der Waals surface area contributed by atoms with Crippen LogP contribution in [0.3, 0.4) is 0 Å².